The number of amides is 1. The molecule has 5 heteroatoms. The highest BCUT2D eigenvalue weighted by atomic mass is 32.2. The van der Waals surface area contributed by atoms with Crippen LogP contribution >= 0.6 is 11.8 Å². The van der Waals surface area contributed by atoms with E-state index in [1.807, 2.05) is 6.92 Å². The van der Waals surface area contributed by atoms with Gasteiger partial charge in [0.25, 0.3) is 0 Å². The highest BCUT2D eigenvalue weighted by Gasteiger charge is 2.13. The number of methoxy groups -OCH3 is 1. The summed E-state index contributed by atoms with van der Waals surface area (Å²) in [6.45, 7) is 7.14. The van der Waals surface area contributed by atoms with E-state index in [1.165, 1.54) is 5.56 Å². The van der Waals surface area contributed by atoms with Crippen LogP contribution in [0.4, 0.5) is 0 Å². The fourth-order valence-electron chi connectivity index (χ4n) is 1.74. The fourth-order valence-corrected chi connectivity index (χ4v) is 2.63. The number of ether oxygens (including phenoxy) is 1. The molecule has 0 aliphatic carbocycles. The van der Waals surface area contributed by atoms with Crippen molar-refractivity contribution in [2.45, 2.75) is 37.0 Å². The Labute approximate surface area is 132 Å². The van der Waals surface area contributed by atoms with Gasteiger partial charge < -0.3 is 15.4 Å². The average molecular weight is 310 g/mol. The van der Waals surface area contributed by atoms with E-state index in [4.69, 9.17) is 4.74 Å². The van der Waals surface area contributed by atoms with Gasteiger partial charge in [-0.2, -0.15) is 0 Å². The molecule has 0 aliphatic rings. The van der Waals surface area contributed by atoms with Gasteiger partial charge in [-0.05, 0) is 31.0 Å². The van der Waals surface area contributed by atoms with Crippen molar-refractivity contribution in [2.75, 3.05) is 26.8 Å². The maximum atomic E-state index is 11.8. The van der Waals surface area contributed by atoms with Gasteiger partial charge in [0.2, 0.25) is 5.91 Å². The van der Waals surface area contributed by atoms with Crippen LogP contribution in [0, 0.1) is 0 Å². The third-order valence-corrected chi connectivity index (χ3v) is 4.08. The van der Waals surface area contributed by atoms with E-state index in [-0.39, 0.29) is 11.2 Å². The summed E-state index contributed by atoms with van der Waals surface area (Å²) in [6, 6.07) is 8.33. The van der Waals surface area contributed by atoms with Crippen molar-refractivity contribution in [1.29, 1.82) is 0 Å². The first-order valence-corrected chi connectivity index (χ1v) is 8.28. The Morgan fingerprint density at radius 3 is 2.62 bits per heavy atom. The first-order chi connectivity index (χ1) is 10.2. The second-order valence-electron chi connectivity index (χ2n) is 4.86. The number of carbonyl (C=O) groups is 1. The molecule has 0 aromatic heterocycles. The number of rotatable bonds is 10. The Kier molecular flexibility index (Phi) is 9.14. The Bertz CT molecular complexity index is 409. The van der Waals surface area contributed by atoms with Gasteiger partial charge in [-0.15, -0.1) is 11.8 Å². The van der Waals surface area contributed by atoms with Crippen molar-refractivity contribution < 1.29 is 9.53 Å². The van der Waals surface area contributed by atoms with Crippen molar-refractivity contribution in [2.24, 2.45) is 0 Å². The minimum atomic E-state index is -0.0674. The van der Waals surface area contributed by atoms with Gasteiger partial charge in [0.1, 0.15) is 0 Å². The normalized spacial score (nSPS) is 12.1. The Morgan fingerprint density at radius 1 is 1.29 bits per heavy atom. The molecule has 2 N–H and O–H groups in total. The summed E-state index contributed by atoms with van der Waals surface area (Å²) in [5, 5.41) is 6.16. The second-order valence-corrected chi connectivity index (χ2v) is 6.28. The molecule has 0 saturated heterocycles. The van der Waals surface area contributed by atoms with E-state index >= 15 is 0 Å². The molecular weight excluding hydrogens is 284 g/mol. The maximum absolute atomic E-state index is 11.8. The lowest BCUT2D eigenvalue weighted by Crippen LogP contribution is -2.31. The van der Waals surface area contributed by atoms with Crippen molar-refractivity contribution in [3.05, 3.63) is 29.8 Å². The van der Waals surface area contributed by atoms with E-state index < -0.39 is 0 Å². The van der Waals surface area contributed by atoms with Gasteiger partial charge in [0.15, 0.2) is 0 Å². The van der Waals surface area contributed by atoms with Crippen LogP contribution < -0.4 is 10.6 Å². The summed E-state index contributed by atoms with van der Waals surface area (Å²) in [5.74, 6) is 0.104. The lowest BCUT2D eigenvalue weighted by atomic mass is 10.2. The molecule has 4 nitrogen and oxygen atoms in total. The molecule has 0 bridgehead atoms. The molecule has 1 aromatic rings. The lowest BCUT2D eigenvalue weighted by Gasteiger charge is -2.12. The van der Waals surface area contributed by atoms with Crippen LogP contribution in [0.3, 0.4) is 0 Å². The molecule has 1 amide bonds. The number of benzene rings is 1. The molecule has 1 aromatic carbocycles. The van der Waals surface area contributed by atoms with E-state index in [1.54, 1.807) is 18.9 Å². The zero-order valence-corrected chi connectivity index (χ0v) is 14.0. The SMILES string of the molecule is CCCNC(=O)C(C)Sc1ccc(CNCCOC)cc1. The number of nitrogens with one attached hydrogen (secondary N) is 2. The molecule has 1 rings (SSSR count). The molecule has 0 saturated carbocycles. The topological polar surface area (TPSA) is 50.4 Å². The van der Waals surface area contributed by atoms with Crippen LogP contribution in [0.2, 0.25) is 0 Å². The van der Waals surface area contributed by atoms with Gasteiger partial charge >= 0.3 is 0 Å². The summed E-state index contributed by atoms with van der Waals surface area (Å²) in [7, 11) is 1.70. The van der Waals surface area contributed by atoms with Crippen LogP contribution in [0.1, 0.15) is 25.8 Å². The molecule has 0 radical (unpaired) electrons. The van der Waals surface area contributed by atoms with Gasteiger partial charge in [-0.1, -0.05) is 19.1 Å². The first-order valence-electron chi connectivity index (χ1n) is 7.40. The van der Waals surface area contributed by atoms with E-state index in [9.17, 15) is 4.79 Å². The standard InChI is InChI=1S/C16H26N2O2S/c1-4-9-18-16(19)13(2)21-15-7-5-14(6-8-15)12-17-10-11-20-3/h5-8,13,17H,4,9-12H2,1-3H3,(H,18,19). The summed E-state index contributed by atoms with van der Waals surface area (Å²) < 4.78 is 4.99. The second kappa shape index (κ2) is 10.7. The third-order valence-electron chi connectivity index (χ3n) is 2.97. The van der Waals surface area contributed by atoms with Crippen LogP contribution in [0.25, 0.3) is 0 Å². The molecule has 118 valence electrons. The van der Waals surface area contributed by atoms with Crippen LogP contribution in [-0.2, 0) is 16.1 Å². The number of thioether (sulfide) groups is 1. The van der Waals surface area contributed by atoms with Gasteiger partial charge in [-0.25, -0.2) is 0 Å². The lowest BCUT2D eigenvalue weighted by molar-refractivity contribution is -0.120. The van der Waals surface area contributed by atoms with E-state index in [0.29, 0.717) is 0 Å². The predicted molar refractivity (Wildman–Crippen MR) is 88.6 cm³/mol. The zero-order valence-electron chi connectivity index (χ0n) is 13.1. The molecule has 1 unspecified atom stereocenters. The summed E-state index contributed by atoms with van der Waals surface area (Å²) >= 11 is 1.59. The Morgan fingerprint density at radius 2 is 2.00 bits per heavy atom. The molecule has 0 fully saturated rings. The quantitative estimate of drug-likeness (QED) is 0.515. The van der Waals surface area contributed by atoms with Crippen LogP contribution in [0.5, 0.6) is 0 Å². The zero-order chi connectivity index (χ0) is 15.5. The number of hydrogen-bond acceptors (Lipinski definition) is 4. The summed E-state index contributed by atoms with van der Waals surface area (Å²) in [4.78, 5) is 12.9. The molecule has 0 spiro atoms. The highest BCUT2D eigenvalue weighted by Crippen LogP contribution is 2.23. The van der Waals surface area contributed by atoms with Gasteiger partial charge in [-0.3, -0.25) is 4.79 Å². The highest BCUT2D eigenvalue weighted by molar-refractivity contribution is 8.00. The molecule has 21 heavy (non-hydrogen) atoms. The maximum Gasteiger partial charge on any atom is 0.233 e. The third kappa shape index (κ3) is 7.50. The van der Waals surface area contributed by atoms with E-state index in [0.717, 1.165) is 37.6 Å². The molecular formula is C16H26N2O2S. The average Bonchev–Trinajstić information content (AvgIpc) is 2.50. The van der Waals surface area contributed by atoms with Crippen molar-refractivity contribution in [3.63, 3.8) is 0 Å². The minimum absolute atomic E-state index is 0.0674. The van der Waals surface area contributed by atoms with Gasteiger partial charge in [0, 0.05) is 31.6 Å². The molecule has 0 aliphatic heterocycles. The summed E-state index contributed by atoms with van der Waals surface area (Å²) in [5.41, 5.74) is 1.23. The van der Waals surface area contributed by atoms with Crippen molar-refractivity contribution in [3.8, 4) is 0 Å². The predicted octanol–water partition coefficient (Wildman–Crippen LogP) is 2.43. The van der Waals surface area contributed by atoms with Crippen molar-refractivity contribution >= 4 is 17.7 Å². The largest absolute Gasteiger partial charge is 0.383 e. The van der Waals surface area contributed by atoms with Crippen LogP contribution in [0.15, 0.2) is 29.2 Å². The minimum Gasteiger partial charge on any atom is -0.383 e. The Hall–Kier alpha value is -1.04. The van der Waals surface area contributed by atoms with Crippen molar-refractivity contribution in [1.82, 2.24) is 10.6 Å². The first kappa shape index (κ1) is 18.0. The molecule has 0 heterocycles. The number of carbonyl (C=O) groups excluding carboxylic acids is 1. The summed E-state index contributed by atoms with van der Waals surface area (Å²) in [6.07, 6.45) is 0.966. The number of hydrogen-bond donors (Lipinski definition) is 2. The fraction of sp³-hybridized carbons (Fsp3) is 0.562. The smallest absolute Gasteiger partial charge is 0.233 e. The van der Waals surface area contributed by atoms with Gasteiger partial charge in [0.05, 0.1) is 11.9 Å². The Balaban J connectivity index is 2.37. The van der Waals surface area contributed by atoms with E-state index in [2.05, 4.69) is 41.8 Å². The van der Waals surface area contributed by atoms with Crippen LogP contribution in [-0.4, -0.2) is 38.0 Å². The molecule has 1 atom stereocenters. The monoisotopic (exact) mass is 310 g/mol.